The molecule has 1 aromatic rings. The van der Waals surface area contributed by atoms with E-state index in [-0.39, 0.29) is 5.56 Å². The largest absolute Gasteiger partial charge is 0.324 e. The van der Waals surface area contributed by atoms with Gasteiger partial charge < -0.3 is 5.73 Å². The van der Waals surface area contributed by atoms with Gasteiger partial charge in [0.05, 0.1) is 0 Å². The van der Waals surface area contributed by atoms with Crippen molar-refractivity contribution in [2.24, 2.45) is 11.7 Å². The highest BCUT2D eigenvalue weighted by Gasteiger charge is 2.26. The first-order valence-electron chi connectivity index (χ1n) is 4.98. The quantitative estimate of drug-likeness (QED) is 0.771. The molecule has 0 aromatic heterocycles. The van der Waals surface area contributed by atoms with E-state index in [1.165, 1.54) is 0 Å². The predicted octanol–water partition coefficient (Wildman–Crippen LogP) is 2.90. The second-order valence-corrected chi connectivity index (χ2v) is 4.07. The molecule has 1 atom stereocenters. The van der Waals surface area contributed by atoms with Crippen LogP contribution in [0.2, 0.25) is 0 Å². The van der Waals surface area contributed by atoms with Crippen LogP contribution < -0.4 is 5.73 Å². The Labute approximate surface area is 86.1 Å². The molecule has 1 aromatic carbocycles. The topological polar surface area (TPSA) is 26.0 Å². The molecular weight excluding hydrogens is 203 g/mol. The van der Waals surface area contributed by atoms with Crippen LogP contribution in [0.15, 0.2) is 12.1 Å². The van der Waals surface area contributed by atoms with Crippen molar-refractivity contribution in [3.05, 3.63) is 35.1 Å². The zero-order chi connectivity index (χ0) is 11.0. The molecule has 2 rings (SSSR count). The molecule has 2 N–H and O–H groups in total. The van der Waals surface area contributed by atoms with Gasteiger partial charge in [-0.2, -0.15) is 0 Å². The maximum Gasteiger partial charge on any atom is 0.161 e. The van der Waals surface area contributed by atoms with Crippen molar-refractivity contribution in [2.45, 2.75) is 25.3 Å². The molecule has 0 spiro atoms. The first-order chi connectivity index (χ1) is 7.08. The first-order valence-corrected chi connectivity index (χ1v) is 4.98. The van der Waals surface area contributed by atoms with Crippen molar-refractivity contribution in [1.82, 2.24) is 0 Å². The molecule has 1 aliphatic rings. The fraction of sp³-hybridized carbons (Fsp3) is 0.455. The molecule has 0 saturated heterocycles. The van der Waals surface area contributed by atoms with Crippen LogP contribution in [0, 0.1) is 23.4 Å². The van der Waals surface area contributed by atoms with Gasteiger partial charge in [-0.15, -0.1) is 0 Å². The second-order valence-electron chi connectivity index (χ2n) is 4.07. The van der Waals surface area contributed by atoms with Crippen LogP contribution in [0.25, 0.3) is 0 Å². The van der Waals surface area contributed by atoms with E-state index >= 15 is 0 Å². The lowest BCUT2D eigenvalue weighted by molar-refractivity contribution is 0.478. The molecule has 4 heteroatoms. The van der Waals surface area contributed by atoms with E-state index < -0.39 is 23.5 Å². The maximum atomic E-state index is 13.3. The third-order valence-corrected chi connectivity index (χ3v) is 2.72. The van der Waals surface area contributed by atoms with Crippen LogP contribution in [0.3, 0.4) is 0 Å². The molecule has 15 heavy (non-hydrogen) atoms. The first kappa shape index (κ1) is 10.5. The molecular formula is C11H12F3N. The standard InChI is InChI=1S/C11H12F3N/c12-8-5-10(14)9(13)4-7(8)11(15)3-6-1-2-6/h4-6,11H,1-3,15H2/t11-/m1/s1. The Hall–Kier alpha value is -1.03. The SMILES string of the molecule is N[C@H](CC1CC1)c1cc(F)c(F)cc1F. The third kappa shape index (κ3) is 2.31. The van der Waals surface area contributed by atoms with Crippen LogP contribution in [0.4, 0.5) is 13.2 Å². The Kier molecular flexibility index (Phi) is 2.69. The van der Waals surface area contributed by atoms with Crippen molar-refractivity contribution in [2.75, 3.05) is 0 Å². The van der Waals surface area contributed by atoms with Gasteiger partial charge in [-0.05, 0) is 18.4 Å². The lowest BCUT2D eigenvalue weighted by Gasteiger charge is -2.12. The van der Waals surface area contributed by atoms with Gasteiger partial charge in [0.25, 0.3) is 0 Å². The fourth-order valence-electron chi connectivity index (χ4n) is 1.66. The van der Waals surface area contributed by atoms with Gasteiger partial charge >= 0.3 is 0 Å². The van der Waals surface area contributed by atoms with Crippen molar-refractivity contribution in [3.8, 4) is 0 Å². The molecule has 0 heterocycles. The molecule has 82 valence electrons. The fourth-order valence-corrected chi connectivity index (χ4v) is 1.66. The molecule has 0 unspecified atom stereocenters. The summed E-state index contributed by atoms with van der Waals surface area (Å²) in [6.07, 6.45) is 2.83. The summed E-state index contributed by atoms with van der Waals surface area (Å²) < 4.78 is 38.8. The van der Waals surface area contributed by atoms with Crippen molar-refractivity contribution < 1.29 is 13.2 Å². The third-order valence-electron chi connectivity index (χ3n) is 2.72. The Balaban J connectivity index is 2.21. The van der Waals surface area contributed by atoms with E-state index in [2.05, 4.69) is 0 Å². The molecule has 0 aliphatic heterocycles. The summed E-state index contributed by atoms with van der Waals surface area (Å²) in [5, 5.41) is 0. The molecule has 1 saturated carbocycles. The smallest absolute Gasteiger partial charge is 0.161 e. The Morgan fingerprint density at radius 1 is 1.13 bits per heavy atom. The zero-order valence-corrected chi connectivity index (χ0v) is 8.14. The van der Waals surface area contributed by atoms with Crippen LogP contribution in [0.5, 0.6) is 0 Å². The lowest BCUT2D eigenvalue weighted by Crippen LogP contribution is -2.13. The Bertz CT molecular complexity index is 374. The summed E-state index contributed by atoms with van der Waals surface area (Å²) in [5.74, 6) is -2.46. The maximum absolute atomic E-state index is 13.3. The molecule has 0 bridgehead atoms. The van der Waals surface area contributed by atoms with Gasteiger partial charge in [-0.1, -0.05) is 12.8 Å². The van der Waals surface area contributed by atoms with Crippen LogP contribution >= 0.6 is 0 Å². The minimum absolute atomic E-state index is 0.0702. The van der Waals surface area contributed by atoms with Gasteiger partial charge in [0, 0.05) is 17.7 Å². The van der Waals surface area contributed by atoms with E-state index in [1.54, 1.807) is 0 Å². The van der Waals surface area contributed by atoms with Crippen LogP contribution in [-0.2, 0) is 0 Å². The van der Waals surface area contributed by atoms with E-state index in [4.69, 9.17) is 5.73 Å². The molecule has 0 amide bonds. The lowest BCUT2D eigenvalue weighted by atomic mass is 10.0. The van der Waals surface area contributed by atoms with E-state index in [0.29, 0.717) is 18.4 Å². The van der Waals surface area contributed by atoms with Gasteiger partial charge in [-0.25, -0.2) is 13.2 Å². The van der Waals surface area contributed by atoms with E-state index in [0.717, 1.165) is 18.9 Å². The van der Waals surface area contributed by atoms with E-state index in [1.807, 2.05) is 0 Å². The summed E-state index contributed by atoms with van der Waals surface area (Å²) in [6, 6.07) is 0.877. The molecule has 1 nitrogen and oxygen atoms in total. The summed E-state index contributed by atoms with van der Waals surface area (Å²) in [7, 11) is 0. The van der Waals surface area contributed by atoms with Crippen molar-refractivity contribution >= 4 is 0 Å². The molecule has 0 radical (unpaired) electrons. The molecule has 1 aliphatic carbocycles. The van der Waals surface area contributed by atoms with Gasteiger partial charge in [0.15, 0.2) is 11.6 Å². The van der Waals surface area contributed by atoms with Crippen LogP contribution in [0.1, 0.15) is 30.9 Å². The number of rotatable bonds is 3. The summed E-state index contributed by atoms with van der Waals surface area (Å²) in [4.78, 5) is 0. The average Bonchev–Trinajstić information content (AvgIpc) is 2.95. The summed E-state index contributed by atoms with van der Waals surface area (Å²) >= 11 is 0. The highest BCUT2D eigenvalue weighted by Crippen LogP contribution is 2.37. The number of hydrogen-bond donors (Lipinski definition) is 1. The normalized spacial score (nSPS) is 17.9. The minimum Gasteiger partial charge on any atom is -0.324 e. The summed E-state index contributed by atoms with van der Waals surface area (Å²) in [6.45, 7) is 0. The predicted molar refractivity (Wildman–Crippen MR) is 50.6 cm³/mol. The zero-order valence-electron chi connectivity index (χ0n) is 8.14. The highest BCUT2D eigenvalue weighted by molar-refractivity contribution is 5.23. The van der Waals surface area contributed by atoms with Crippen LogP contribution in [-0.4, -0.2) is 0 Å². The minimum atomic E-state index is -1.17. The van der Waals surface area contributed by atoms with Crippen molar-refractivity contribution in [3.63, 3.8) is 0 Å². The molecule has 1 fully saturated rings. The summed E-state index contributed by atoms with van der Waals surface area (Å²) in [5.41, 5.74) is 5.80. The Morgan fingerprint density at radius 3 is 2.33 bits per heavy atom. The number of hydrogen-bond acceptors (Lipinski definition) is 1. The second kappa shape index (κ2) is 3.85. The number of nitrogens with two attached hydrogens (primary N) is 1. The highest BCUT2D eigenvalue weighted by atomic mass is 19.2. The van der Waals surface area contributed by atoms with E-state index in [9.17, 15) is 13.2 Å². The Morgan fingerprint density at radius 2 is 1.73 bits per heavy atom. The van der Waals surface area contributed by atoms with Crippen molar-refractivity contribution in [1.29, 1.82) is 0 Å². The van der Waals surface area contributed by atoms with Gasteiger partial charge in [0.2, 0.25) is 0 Å². The average molecular weight is 215 g/mol. The van der Waals surface area contributed by atoms with Gasteiger partial charge in [-0.3, -0.25) is 0 Å². The number of halogens is 3. The van der Waals surface area contributed by atoms with Gasteiger partial charge in [0.1, 0.15) is 5.82 Å². The number of benzene rings is 1. The monoisotopic (exact) mass is 215 g/mol.